The number of aromatic nitrogens is 1. The average molecular weight is 386 g/mol. The fraction of sp³-hybridized carbons (Fsp3) is 0.200. The second kappa shape index (κ2) is 8.74. The average Bonchev–Trinajstić information content (AvgIpc) is 2.72. The Hall–Kier alpha value is -3.40. The molecule has 4 nitrogen and oxygen atoms in total. The molecule has 1 N–H and O–H groups in total. The van der Waals surface area contributed by atoms with Crippen LogP contribution < -0.4 is 10.5 Å². The summed E-state index contributed by atoms with van der Waals surface area (Å²) in [4.78, 5) is 30.6. The Labute approximate surface area is 171 Å². The van der Waals surface area contributed by atoms with Gasteiger partial charge in [0.1, 0.15) is 5.69 Å². The van der Waals surface area contributed by atoms with Gasteiger partial charge in [0.25, 0.3) is 5.56 Å². The zero-order chi connectivity index (χ0) is 21.0. The van der Waals surface area contributed by atoms with Crippen molar-refractivity contribution in [2.45, 2.75) is 20.3 Å². The van der Waals surface area contributed by atoms with Crippen LogP contribution in [0.5, 0.6) is 0 Å². The lowest BCUT2D eigenvalue weighted by atomic mass is 9.93. The molecule has 0 bridgehead atoms. The number of rotatable bonds is 6. The molecule has 4 heteroatoms. The molecule has 1 heterocycles. The molecule has 0 radical (unpaired) electrons. The van der Waals surface area contributed by atoms with E-state index in [2.05, 4.69) is 4.98 Å². The molecule has 148 valence electrons. The molecule has 0 atom stereocenters. The number of carbonyl (C=O) groups excluding carboxylic acids is 1. The monoisotopic (exact) mass is 386 g/mol. The molecule has 0 unspecified atom stereocenters. The molecule has 0 saturated carbocycles. The van der Waals surface area contributed by atoms with Crippen LogP contribution in [0.1, 0.15) is 45.2 Å². The van der Waals surface area contributed by atoms with Crippen molar-refractivity contribution in [3.05, 3.63) is 98.5 Å². The van der Waals surface area contributed by atoms with E-state index in [0.717, 1.165) is 22.4 Å². The van der Waals surface area contributed by atoms with Gasteiger partial charge >= 0.3 is 0 Å². The predicted octanol–water partition coefficient (Wildman–Crippen LogP) is 4.71. The van der Waals surface area contributed by atoms with E-state index in [9.17, 15) is 9.59 Å². The van der Waals surface area contributed by atoms with E-state index in [0.29, 0.717) is 23.2 Å². The molecule has 0 aliphatic carbocycles. The number of H-pyrrole nitrogens is 1. The van der Waals surface area contributed by atoms with Gasteiger partial charge in [0.2, 0.25) is 0 Å². The van der Waals surface area contributed by atoms with Gasteiger partial charge in [-0.25, -0.2) is 0 Å². The molecule has 0 spiro atoms. The SMILES string of the molecule is CCc1c(C)[nH]c(=O)c(N(C)C)c1C(=O)c1cccc(/C=C\c2ccccc2)c1. The lowest BCUT2D eigenvalue weighted by Crippen LogP contribution is -2.27. The molecule has 1 aromatic heterocycles. The van der Waals surface area contributed by atoms with Gasteiger partial charge in [-0.15, -0.1) is 0 Å². The number of anilines is 1. The van der Waals surface area contributed by atoms with Crippen molar-refractivity contribution in [1.82, 2.24) is 4.98 Å². The maximum absolute atomic E-state index is 13.5. The summed E-state index contributed by atoms with van der Waals surface area (Å²) in [7, 11) is 3.57. The van der Waals surface area contributed by atoms with Gasteiger partial charge in [-0.05, 0) is 36.1 Å². The van der Waals surface area contributed by atoms with Crippen molar-refractivity contribution in [2.75, 3.05) is 19.0 Å². The quantitative estimate of drug-likeness (QED) is 0.493. The Morgan fingerprint density at radius 3 is 2.31 bits per heavy atom. The Balaban J connectivity index is 2.06. The minimum atomic E-state index is -0.242. The van der Waals surface area contributed by atoms with E-state index in [-0.39, 0.29) is 11.3 Å². The number of nitrogens with zero attached hydrogens (tertiary/aromatic N) is 1. The van der Waals surface area contributed by atoms with E-state index in [1.54, 1.807) is 25.1 Å². The Morgan fingerprint density at radius 1 is 1.00 bits per heavy atom. The highest BCUT2D eigenvalue weighted by molar-refractivity contribution is 6.13. The lowest BCUT2D eigenvalue weighted by Gasteiger charge is -2.20. The highest BCUT2D eigenvalue weighted by atomic mass is 16.1. The molecule has 0 aliphatic rings. The number of pyridine rings is 1. The third-order valence-corrected chi connectivity index (χ3v) is 4.95. The maximum atomic E-state index is 13.5. The van der Waals surface area contributed by atoms with E-state index in [1.165, 1.54) is 0 Å². The first-order valence-electron chi connectivity index (χ1n) is 9.73. The summed E-state index contributed by atoms with van der Waals surface area (Å²) in [5.74, 6) is -0.130. The number of nitrogens with one attached hydrogen (secondary N) is 1. The largest absolute Gasteiger partial charge is 0.373 e. The highest BCUT2D eigenvalue weighted by Crippen LogP contribution is 2.25. The van der Waals surface area contributed by atoms with Crippen LogP contribution in [0.4, 0.5) is 5.69 Å². The van der Waals surface area contributed by atoms with Crippen molar-refractivity contribution in [3.63, 3.8) is 0 Å². The Morgan fingerprint density at radius 2 is 1.66 bits per heavy atom. The summed E-state index contributed by atoms with van der Waals surface area (Å²) in [6.45, 7) is 3.84. The van der Waals surface area contributed by atoms with E-state index < -0.39 is 0 Å². The first-order valence-corrected chi connectivity index (χ1v) is 9.73. The van der Waals surface area contributed by atoms with E-state index in [1.807, 2.05) is 74.5 Å². The second-order valence-corrected chi connectivity index (χ2v) is 7.23. The summed E-state index contributed by atoms with van der Waals surface area (Å²) in [6, 6.07) is 17.5. The summed E-state index contributed by atoms with van der Waals surface area (Å²) >= 11 is 0. The standard InChI is InChI=1S/C25H26N2O2/c1-5-21-17(2)26-25(29)23(27(3)4)22(21)24(28)20-13-9-12-19(16-20)15-14-18-10-7-6-8-11-18/h6-16H,5H2,1-4H3,(H,26,29)/b15-14-. The van der Waals surface area contributed by atoms with Gasteiger partial charge in [0, 0.05) is 25.4 Å². The molecule has 2 aromatic carbocycles. The van der Waals surface area contributed by atoms with Gasteiger partial charge < -0.3 is 9.88 Å². The number of ketones is 1. The second-order valence-electron chi connectivity index (χ2n) is 7.23. The predicted molar refractivity (Wildman–Crippen MR) is 121 cm³/mol. The number of carbonyl (C=O) groups is 1. The molecule has 0 saturated heterocycles. The molecule has 0 fully saturated rings. The van der Waals surface area contributed by atoms with Crippen LogP contribution in [0.25, 0.3) is 12.2 Å². The lowest BCUT2D eigenvalue weighted by molar-refractivity contribution is 0.103. The Kier molecular flexibility index (Phi) is 6.13. The smallest absolute Gasteiger partial charge is 0.272 e. The van der Waals surface area contributed by atoms with Crippen LogP contribution in [0, 0.1) is 6.92 Å². The number of aromatic amines is 1. The van der Waals surface area contributed by atoms with Crippen LogP contribution >= 0.6 is 0 Å². The maximum Gasteiger partial charge on any atom is 0.272 e. The van der Waals surface area contributed by atoms with Gasteiger partial charge in [-0.1, -0.05) is 67.6 Å². The van der Waals surface area contributed by atoms with Crippen LogP contribution in [-0.2, 0) is 6.42 Å². The molecular weight excluding hydrogens is 360 g/mol. The molecule has 0 amide bonds. The Bertz CT molecular complexity index is 1110. The van der Waals surface area contributed by atoms with Gasteiger partial charge in [0.05, 0.1) is 5.56 Å². The number of hydrogen-bond acceptors (Lipinski definition) is 3. The van der Waals surface area contributed by atoms with Gasteiger partial charge in [-0.3, -0.25) is 9.59 Å². The molecular formula is C25H26N2O2. The van der Waals surface area contributed by atoms with Crippen LogP contribution in [-0.4, -0.2) is 24.9 Å². The summed E-state index contributed by atoms with van der Waals surface area (Å²) in [6.07, 6.45) is 4.67. The number of hydrogen-bond donors (Lipinski definition) is 1. The minimum Gasteiger partial charge on any atom is -0.373 e. The third-order valence-electron chi connectivity index (χ3n) is 4.95. The number of benzene rings is 2. The van der Waals surface area contributed by atoms with Gasteiger partial charge in [-0.2, -0.15) is 0 Å². The van der Waals surface area contributed by atoms with Crippen molar-refractivity contribution in [3.8, 4) is 0 Å². The molecule has 3 aromatic rings. The third kappa shape index (κ3) is 4.37. The van der Waals surface area contributed by atoms with Crippen LogP contribution in [0.2, 0.25) is 0 Å². The van der Waals surface area contributed by atoms with E-state index >= 15 is 0 Å². The summed E-state index contributed by atoms with van der Waals surface area (Å²) in [5, 5.41) is 0. The molecule has 3 rings (SSSR count). The topological polar surface area (TPSA) is 53.2 Å². The zero-order valence-electron chi connectivity index (χ0n) is 17.3. The first kappa shape index (κ1) is 20.3. The van der Waals surface area contributed by atoms with Crippen LogP contribution in [0.3, 0.4) is 0 Å². The number of aryl methyl sites for hydroxylation is 1. The fourth-order valence-electron chi connectivity index (χ4n) is 3.55. The summed E-state index contributed by atoms with van der Waals surface area (Å²) < 4.78 is 0. The fourth-order valence-corrected chi connectivity index (χ4v) is 3.55. The van der Waals surface area contributed by atoms with Gasteiger partial charge in [0.15, 0.2) is 5.78 Å². The minimum absolute atomic E-state index is 0.130. The van der Waals surface area contributed by atoms with Crippen molar-refractivity contribution >= 4 is 23.6 Å². The van der Waals surface area contributed by atoms with Crippen LogP contribution in [0.15, 0.2) is 59.4 Å². The molecule has 0 aliphatic heterocycles. The van der Waals surface area contributed by atoms with E-state index in [4.69, 9.17) is 0 Å². The summed E-state index contributed by atoms with van der Waals surface area (Å²) in [5.41, 5.74) is 4.88. The zero-order valence-corrected chi connectivity index (χ0v) is 17.3. The normalized spacial score (nSPS) is 11.0. The molecule has 29 heavy (non-hydrogen) atoms. The van der Waals surface area contributed by atoms with Crippen molar-refractivity contribution in [2.24, 2.45) is 0 Å². The van der Waals surface area contributed by atoms with Crippen molar-refractivity contribution < 1.29 is 4.79 Å². The highest BCUT2D eigenvalue weighted by Gasteiger charge is 2.23. The van der Waals surface area contributed by atoms with Crippen molar-refractivity contribution in [1.29, 1.82) is 0 Å². The first-order chi connectivity index (χ1) is 13.9.